The van der Waals surface area contributed by atoms with E-state index in [-0.39, 0.29) is 0 Å². The number of nitrogens with zero attached hydrogens (tertiary/aromatic N) is 1. The number of nitrogens with one attached hydrogen (secondary N) is 1. The maximum atomic E-state index is 5.30. The second kappa shape index (κ2) is 3.50. The summed E-state index contributed by atoms with van der Waals surface area (Å²) in [5.41, 5.74) is 2.46. The lowest BCUT2D eigenvalue weighted by Gasteiger charge is -2.16. The van der Waals surface area contributed by atoms with Crippen molar-refractivity contribution in [2.75, 3.05) is 7.05 Å². The molecule has 1 aliphatic carbocycles. The second-order valence-corrected chi connectivity index (χ2v) is 3.91. The maximum absolute atomic E-state index is 5.30. The standard InChI is InChI=1S/C10H16N2O/c1-7-3-4-10-8(5-7)9(6-11-2)12-13-10/h7,11H,3-6H2,1-2H3. The third-order valence-electron chi connectivity index (χ3n) is 2.71. The van der Waals surface area contributed by atoms with Gasteiger partial charge in [-0.3, -0.25) is 0 Å². The topological polar surface area (TPSA) is 38.1 Å². The number of hydrogen-bond donors (Lipinski definition) is 1. The molecule has 72 valence electrons. The van der Waals surface area contributed by atoms with Crippen LogP contribution in [0.5, 0.6) is 0 Å². The van der Waals surface area contributed by atoms with Gasteiger partial charge < -0.3 is 9.84 Å². The van der Waals surface area contributed by atoms with Crippen molar-refractivity contribution in [1.82, 2.24) is 10.5 Å². The fourth-order valence-electron chi connectivity index (χ4n) is 1.94. The lowest BCUT2D eigenvalue weighted by atomic mass is 9.88. The van der Waals surface area contributed by atoms with E-state index < -0.39 is 0 Å². The number of hydrogen-bond acceptors (Lipinski definition) is 3. The molecule has 1 unspecified atom stereocenters. The van der Waals surface area contributed by atoms with Gasteiger partial charge in [0.05, 0.1) is 0 Å². The van der Waals surface area contributed by atoms with Crippen LogP contribution in [0.15, 0.2) is 4.52 Å². The summed E-state index contributed by atoms with van der Waals surface area (Å²) in [5.74, 6) is 1.89. The van der Waals surface area contributed by atoms with Gasteiger partial charge in [-0.2, -0.15) is 0 Å². The number of aromatic nitrogens is 1. The monoisotopic (exact) mass is 180 g/mol. The van der Waals surface area contributed by atoms with Gasteiger partial charge in [-0.25, -0.2) is 0 Å². The van der Waals surface area contributed by atoms with Crippen molar-refractivity contribution in [2.24, 2.45) is 5.92 Å². The fourth-order valence-corrected chi connectivity index (χ4v) is 1.94. The Morgan fingerprint density at radius 1 is 1.62 bits per heavy atom. The Bertz CT molecular complexity index is 293. The third-order valence-corrected chi connectivity index (χ3v) is 2.71. The first-order valence-corrected chi connectivity index (χ1v) is 4.92. The van der Waals surface area contributed by atoms with E-state index in [1.807, 2.05) is 7.05 Å². The van der Waals surface area contributed by atoms with E-state index in [0.29, 0.717) is 0 Å². The van der Waals surface area contributed by atoms with E-state index in [4.69, 9.17) is 4.52 Å². The van der Waals surface area contributed by atoms with Crippen LogP contribution in [0.25, 0.3) is 0 Å². The zero-order valence-electron chi connectivity index (χ0n) is 8.26. The number of fused-ring (bicyclic) bond motifs is 1. The average molecular weight is 180 g/mol. The van der Waals surface area contributed by atoms with Crippen molar-refractivity contribution in [3.05, 3.63) is 17.0 Å². The van der Waals surface area contributed by atoms with Crippen LogP contribution in [0.4, 0.5) is 0 Å². The maximum Gasteiger partial charge on any atom is 0.140 e. The smallest absolute Gasteiger partial charge is 0.140 e. The molecule has 0 saturated carbocycles. The molecule has 13 heavy (non-hydrogen) atoms. The van der Waals surface area contributed by atoms with Crippen LogP contribution in [0.2, 0.25) is 0 Å². The number of rotatable bonds is 2. The minimum absolute atomic E-state index is 0.780. The van der Waals surface area contributed by atoms with Gasteiger partial charge in [0.1, 0.15) is 11.5 Å². The van der Waals surface area contributed by atoms with Gasteiger partial charge >= 0.3 is 0 Å². The van der Waals surface area contributed by atoms with Gasteiger partial charge in [0, 0.05) is 18.5 Å². The first kappa shape index (κ1) is 8.75. The van der Waals surface area contributed by atoms with Crippen LogP contribution in [0, 0.1) is 5.92 Å². The van der Waals surface area contributed by atoms with Crippen molar-refractivity contribution >= 4 is 0 Å². The minimum atomic E-state index is 0.780. The molecule has 0 amide bonds. The molecule has 1 aliphatic rings. The molecule has 3 heteroatoms. The second-order valence-electron chi connectivity index (χ2n) is 3.91. The van der Waals surface area contributed by atoms with Gasteiger partial charge in [-0.1, -0.05) is 12.1 Å². The molecule has 0 aromatic carbocycles. The summed E-state index contributed by atoms with van der Waals surface area (Å²) < 4.78 is 5.30. The van der Waals surface area contributed by atoms with Crippen molar-refractivity contribution in [3.8, 4) is 0 Å². The van der Waals surface area contributed by atoms with E-state index >= 15 is 0 Å². The van der Waals surface area contributed by atoms with E-state index in [2.05, 4.69) is 17.4 Å². The average Bonchev–Trinajstić information content (AvgIpc) is 2.49. The number of aryl methyl sites for hydroxylation is 1. The normalized spacial score (nSPS) is 21.5. The predicted octanol–water partition coefficient (Wildman–Crippen LogP) is 1.52. The SMILES string of the molecule is CNCc1noc2c1CC(C)CC2. The third kappa shape index (κ3) is 1.61. The fraction of sp³-hybridized carbons (Fsp3) is 0.700. The molecule has 0 bridgehead atoms. The van der Waals surface area contributed by atoms with Crippen LogP contribution in [0.1, 0.15) is 30.4 Å². The van der Waals surface area contributed by atoms with Crippen molar-refractivity contribution in [2.45, 2.75) is 32.7 Å². The summed E-state index contributed by atoms with van der Waals surface area (Å²) in [6.45, 7) is 3.12. The van der Waals surface area contributed by atoms with E-state index in [1.165, 1.54) is 12.0 Å². The molecular formula is C10H16N2O. The molecule has 0 saturated heterocycles. The zero-order valence-corrected chi connectivity index (χ0v) is 8.26. The first-order valence-electron chi connectivity index (χ1n) is 4.92. The van der Waals surface area contributed by atoms with Gasteiger partial charge in [0.15, 0.2) is 0 Å². The van der Waals surface area contributed by atoms with Gasteiger partial charge in [-0.15, -0.1) is 0 Å². The minimum Gasteiger partial charge on any atom is -0.361 e. The summed E-state index contributed by atoms with van der Waals surface area (Å²) in [7, 11) is 1.94. The molecule has 1 aromatic heterocycles. The predicted molar refractivity (Wildman–Crippen MR) is 50.5 cm³/mol. The highest BCUT2D eigenvalue weighted by atomic mass is 16.5. The summed E-state index contributed by atoms with van der Waals surface area (Å²) in [4.78, 5) is 0. The Balaban J connectivity index is 2.25. The Kier molecular flexibility index (Phi) is 2.36. The molecule has 0 radical (unpaired) electrons. The molecule has 1 N–H and O–H groups in total. The highest BCUT2D eigenvalue weighted by Gasteiger charge is 2.22. The highest BCUT2D eigenvalue weighted by molar-refractivity contribution is 5.25. The molecule has 0 fully saturated rings. The van der Waals surface area contributed by atoms with E-state index in [9.17, 15) is 0 Å². The lowest BCUT2D eigenvalue weighted by Crippen LogP contribution is -2.13. The molecule has 1 atom stereocenters. The van der Waals surface area contributed by atoms with Crippen LogP contribution < -0.4 is 5.32 Å². The van der Waals surface area contributed by atoms with Gasteiger partial charge in [0.2, 0.25) is 0 Å². The summed E-state index contributed by atoms with van der Waals surface area (Å²) in [6, 6.07) is 0. The Labute approximate surface area is 78.5 Å². The van der Waals surface area contributed by atoms with Crippen molar-refractivity contribution < 1.29 is 4.52 Å². The molecular weight excluding hydrogens is 164 g/mol. The lowest BCUT2D eigenvalue weighted by molar-refractivity contribution is 0.353. The highest BCUT2D eigenvalue weighted by Crippen LogP contribution is 2.27. The van der Waals surface area contributed by atoms with Crippen molar-refractivity contribution in [3.63, 3.8) is 0 Å². The van der Waals surface area contributed by atoms with Gasteiger partial charge in [0.25, 0.3) is 0 Å². The van der Waals surface area contributed by atoms with Crippen LogP contribution in [-0.2, 0) is 19.4 Å². The summed E-state index contributed by atoms with van der Waals surface area (Å²) in [5, 5.41) is 7.20. The van der Waals surface area contributed by atoms with E-state index in [1.54, 1.807) is 0 Å². The quantitative estimate of drug-likeness (QED) is 0.749. The Morgan fingerprint density at radius 3 is 3.23 bits per heavy atom. The van der Waals surface area contributed by atoms with Crippen molar-refractivity contribution in [1.29, 1.82) is 0 Å². The summed E-state index contributed by atoms with van der Waals surface area (Å²) in [6.07, 6.45) is 3.43. The molecule has 3 nitrogen and oxygen atoms in total. The Hall–Kier alpha value is -0.830. The van der Waals surface area contributed by atoms with Crippen LogP contribution in [-0.4, -0.2) is 12.2 Å². The largest absolute Gasteiger partial charge is 0.361 e. The molecule has 0 spiro atoms. The molecule has 2 rings (SSSR count). The van der Waals surface area contributed by atoms with E-state index in [0.717, 1.165) is 36.8 Å². The first-order chi connectivity index (χ1) is 6.31. The zero-order chi connectivity index (χ0) is 9.26. The molecule has 0 aliphatic heterocycles. The molecule has 1 heterocycles. The van der Waals surface area contributed by atoms with Gasteiger partial charge in [-0.05, 0) is 25.8 Å². The summed E-state index contributed by atoms with van der Waals surface area (Å²) >= 11 is 0. The van der Waals surface area contributed by atoms with Crippen LogP contribution >= 0.6 is 0 Å². The van der Waals surface area contributed by atoms with Crippen LogP contribution in [0.3, 0.4) is 0 Å². The Morgan fingerprint density at radius 2 is 2.46 bits per heavy atom. The molecule has 1 aromatic rings.